The molecule has 4 heteroatoms. The van der Waals surface area contributed by atoms with Crippen LogP contribution in [0.5, 0.6) is 5.75 Å². The second-order valence-corrected chi connectivity index (χ2v) is 6.30. The number of hydrogen-bond donors (Lipinski definition) is 1. The normalized spacial score (nSPS) is 21.5. The van der Waals surface area contributed by atoms with Crippen LogP contribution in [0.25, 0.3) is 0 Å². The molecule has 0 bridgehead atoms. The van der Waals surface area contributed by atoms with E-state index < -0.39 is 0 Å². The fraction of sp³-hybridized carbons (Fsp3) is 0.421. The van der Waals surface area contributed by atoms with Crippen molar-refractivity contribution in [2.45, 2.75) is 19.4 Å². The Labute approximate surface area is 137 Å². The number of aryl methyl sites for hydroxylation is 1. The summed E-state index contributed by atoms with van der Waals surface area (Å²) in [5.74, 6) is 1.49. The molecule has 1 N–H and O–H groups in total. The summed E-state index contributed by atoms with van der Waals surface area (Å²) >= 11 is 0. The van der Waals surface area contributed by atoms with E-state index in [0.717, 1.165) is 36.6 Å². The van der Waals surface area contributed by atoms with Crippen LogP contribution in [0.3, 0.4) is 0 Å². The number of ether oxygens (including phenoxy) is 1. The van der Waals surface area contributed by atoms with Gasteiger partial charge in [-0.25, -0.2) is 0 Å². The van der Waals surface area contributed by atoms with Crippen molar-refractivity contribution in [1.82, 2.24) is 9.88 Å². The molecule has 2 heterocycles. The lowest BCUT2D eigenvalue weighted by Gasteiger charge is -2.17. The van der Waals surface area contributed by atoms with Crippen LogP contribution in [0.1, 0.15) is 22.7 Å². The van der Waals surface area contributed by atoms with Gasteiger partial charge < -0.3 is 9.84 Å². The summed E-state index contributed by atoms with van der Waals surface area (Å²) in [4.78, 5) is 6.89. The summed E-state index contributed by atoms with van der Waals surface area (Å²) in [5, 5.41) is 9.72. The van der Waals surface area contributed by atoms with E-state index in [2.05, 4.69) is 35.0 Å². The molecule has 1 aromatic heterocycles. The molecule has 0 spiro atoms. The van der Waals surface area contributed by atoms with Crippen molar-refractivity contribution >= 4 is 0 Å². The Hall–Kier alpha value is -1.91. The Morgan fingerprint density at radius 3 is 2.78 bits per heavy atom. The number of likely N-dealkylation sites (tertiary alicyclic amines) is 1. The molecular weight excluding hydrogens is 288 g/mol. The Morgan fingerprint density at radius 2 is 2.13 bits per heavy atom. The van der Waals surface area contributed by atoms with E-state index in [1.807, 2.05) is 24.4 Å². The third-order valence-electron chi connectivity index (χ3n) is 4.68. The van der Waals surface area contributed by atoms with Crippen LogP contribution in [0.15, 0.2) is 42.6 Å². The van der Waals surface area contributed by atoms with Crippen LogP contribution in [0, 0.1) is 12.8 Å². The number of aliphatic hydroxyl groups is 1. The second kappa shape index (κ2) is 7.11. The number of methoxy groups -OCH3 is 1. The lowest BCUT2D eigenvalue weighted by atomic mass is 9.93. The molecule has 1 aliphatic heterocycles. The molecule has 4 nitrogen and oxygen atoms in total. The zero-order chi connectivity index (χ0) is 16.2. The maximum absolute atomic E-state index is 9.72. The van der Waals surface area contributed by atoms with E-state index in [4.69, 9.17) is 4.74 Å². The molecule has 122 valence electrons. The van der Waals surface area contributed by atoms with Gasteiger partial charge in [-0.05, 0) is 36.2 Å². The van der Waals surface area contributed by atoms with Gasteiger partial charge in [0.2, 0.25) is 0 Å². The number of benzene rings is 1. The van der Waals surface area contributed by atoms with Gasteiger partial charge in [0, 0.05) is 50.0 Å². The van der Waals surface area contributed by atoms with Gasteiger partial charge in [-0.3, -0.25) is 9.88 Å². The van der Waals surface area contributed by atoms with Gasteiger partial charge in [0.1, 0.15) is 5.75 Å². The Kier molecular flexibility index (Phi) is 4.94. The second-order valence-electron chi connectivity index (χ2n) is 6.30. The summed E-state index contributed by atoms with van der Waals surface area (Å²) in [5.41, 5.74) is 3.52. The van der Waals surface area contributed by atoms with Crippen LogP contribution in [0.4, 0.5) is 0 Å². The lowest BCUT2D eigenvalue weighted by Crippen LogP contribution is -2.21. The Balaban J connectivity index is 1.71. The van der Waals surface area contributed by atoms with E-state index in [-0.39, 0.29) is 12.5 Å². The van der Waals surface area contributed by atoms with Crippen LogP contribution in [-0.2, 0) is 6.54 Å². The molecule has 23 heavy (non-hydrogen) atoms. The van der Waals surface area contributed by atoms with E-state index in [0.29, 0.717) is 5.92 Å². The van der Waals surface area contributed by atoms with Crippen molar-refractivity contribution in [1.29, 1.82) is 0 Å². The number of hydrogen-bond acceptors (Lipinski definition) is 4. The average molecular weight is 312 g/mol. The molecular formula is C19H24N2O2. The highest BCUT2D eigenvalue weighted by Crippen LogP contribution is 2.32. The van der Waals surface area contributed by atoms with E-state index in [1.165, 1.54) is 5.56 Å². The first kappa shape index (κ1) is 16.0. The third kappa shape index (κ3) is 3.54. The number of rotatable bonds is 5. The zero-order valence-electron chi connectivity index (χ0n) is 13.8. The fourth-order valence-corrected chi connectivity index (χ4v) is 3.50. The van der Waals surface area contributed by atoms with Gasteiger partial charge in [0.15, 0.2) is 0 Å². The van der Waals surface area contributed by atoms with Crippen LogP contribution < -0.4 is 4.74 Å². The highest BCUT2D eigenvalue weighted by molar-refractivity contribution is 5.36. The number of aliphatic hydroxyl groups excluding tert-OH is 1. The number of pyridine rings is 1. The van der Waals surface area contributed by atoms with Crippen LogP contribution >= 0.6 is 0 Å². The van der Waals surface area contributed by atoms with E-state index >= 15 is 0 Å². The first-order valence-corrected chi connectivity index (χ1v) is 8.09. The first-order chi connectivity index (χ1) is 11.2. The molecule has 1 aliphatic rings. The smallest absolute Gasteiger partial charge is 0.121 e. The van der Waals surface area contributed by atoms with Gasteiger partial charge >= 0.3 is 0 Å². The quantitative estimate of drug-likeness (QED) is 0.922. The minimum atomic E-state index is 0.208. The molecule has 0 radical (unpaired) electrons. The zero-order valence-corrected chi connectivity index (χ0v) is 13.8. The van der Waals surface area contributed by atoms with E-state index in [1.54, 1.807) is 7.11 Å². The predicted molar refractivity (Wildman–Crippen MR) is 90.6 cm³/mol. The fourth-order valence-electron chi connectivity index (χ4n) is 3.50. The van der Waals surface area contributed by atoms with Crippen LogP contribution in [0.2, 0.25) is 0 Å². The molecule has 0 saturated carbocycles. The highest BCUT2D eigenvalue weighted by atomic mass is 16.5. The van der Waals surface area contributed by atoms with Crippen molar-refractivity contribution in [3.8, 4) is 5.75 Å². The monoisotopic (exact) mass is 312 g/mol. The summed E-state index contributed by atoms with van der Waals surface area (Å²) in [7, 11) is 1.70. The highest BCUT2D eigenvalue weighted by Gasteiger charge is 2.33. The predicted octanol–water partition coefficient (Wildman–Crippen LogP) is 2.61. The Bertz CT molecular complexity index is 645. The molecule has 1 aromatic carbocycles. The standard InChI is InChI=1S/C19H24N2O2/c1-14-9-15(6-7-19(14)23-2)10-21-11-16(13-22)17(12-21)18-5-3-4-8-20-18/h3-9,16-17,22H,10-13H2,1-2H3/t16-,17+/m0/s1. The summed E-state index contributed by atoms with van der Waals surface area (Å²) in [6, 6.07) is 12.3. The molecule has 2 aromatic rings. The largest absolute Gasteiger partial charge is 0.496 e. The molecule has 0 amide bonds. The molecule has 0 aliphatic carbocycles. The van der Waals surface area contributed by atoms with Crippen molar-refractivity contribution in [2.24, 2.45) is 5.92 Å². The van der Waals surface area contributed by atoms with Crippen LogP contribution in [-0.4, -0.2) is 41.8 Å². The minimum absolute atomic E-state index is 0.208. The molecule has 3 rings (SSSR count). The lowest BCUT2D eigenvalue weighted by molar-refractivity contribution is 0.213. The summed E-state index contributed by atoms with van der Waals surface area (Å²) < 4.78 is 5.32. The maximum Gasteiger partial charge on any atom is 0.121 e. The van der Waals surface area contributed by atoms with Crippen molar-refractivity contribution in [2.75, 3.05) is 26.8 Å². The third-order valence-corrected chi connectivity index (χ3v) is 4.68. The van der Waals surface area contributed by atoms with Gasteiger partial charge in [0.05, 0.1) is 7.11 Å². The molecule has 1 saturated heterocycles. The van der Waals surface area contributed by atoms with Crippen molar-refractivity contribution in [3.05, 3.63) is 59.4 Å². The van der Waals surface area contributed by atoms with Gasteiger partial charge in [-0.15, -0.1) is 0 Å². The minimum Gasteiger partial charge on any atom is -0.496 e. The number of nitrogens with zero attached hydrogens (tertiary/aromatic N) is 2. The maximum atomic E-state index is 9.72. The topological polar surface area (TPSA) is 45.6 Å². The first-order valence-electron chi connectivity index (χ1n) is 8.09. The Morgan fingerprint density at radius 1 is 1.26 bits per heavy atom. The van der Waals surface area contributed by atoms with Gasteiger partial charge in [0.25, 0.3) is 0 Å². The SMILES string of the molecule is COc1ccc(CN2C[C@@H](CO)[C@H](c3ccccn3)C2)cc1C. The molecule has 2 atom stereocenters. The van der Waals surface area contributed by atoms with Gasteiger partial charge in [-0.1, -0.05) is 18.2 Å². The molecule has 0 unspecified atom stereocenters. The number of aromatic nitrogens is 1. The van der Waals surface area contributed by atoms with E-state index in [9.17, 15) is 5.11 Å². The van der Waals surface area contributed by atoms with Crippen molar-refractivity contribution in [3.63, 3.8) is 0 Å². The molecule has 1 fully saturated rings. The summed E-state index contributed by atoms with van der Waals surface area (Å²) in [6.07, 6.45) is 1.83. The van der Waals surface area contributed by atoms with Gasteiger partial charge in [-0.2, -0.15) is 0 Å². The summed E-state index contributed by atoms with van der Waals surface area (Å²) in [6.45, 7) is 5.01. The average Bonchev–Trinajstić information content (AvgIpc) is 2.99. The van der Waals surface area contributed by atoms with Crippen molar-refractivity contribution < 1.29 is 9.84 Å².